The number of imidazole rings is 1. The van der Waals surface area contributed by atoms with Crippen LogP contribution in [0.4, 0.5) is 5.13 Å². The number of thiazole rings is 1. The lowest BCUT2D eigenvalue weighted by Crippen LogP contribution is -2.19. The number of benzene rings is 2. The molecule has 0 aliphatic heterocycles. The van der Waals surface area contributed by atoms with Gasteiger partial charge in [0, 0.05) is 26.0 Å². The molecule has 4 aromatic rings. The van der Waals surface area contributed by atoms with Gasteiger partial charge in [-0.25, -0.2) is 9.97 Å². The first kappa shape index (κ1) is 14.9. The minimum atomic E-state index is 0.736. The fourth-order valence-corrected chi connectivity index (χ4v) is 3.64. The van der Waals surface area contributed by atoms with E-state index in [1.165, 1.54) is 10.3 Å². The molecule has 5 heteroatoms. The quantitative estimate of drug-likeness (QED) is 0.549. The highest BCUT2D eigenvalue weighted by molar-refractivity contribution is 7.22. The molecule has 0 aliphatic carbocycles. The molecule has 24 heavy (non-hydrogen) atoms. The van der Waals surface area contributed by atoms with Crippen molar-refractivity contribution in [3.05, 3.63) is 78.4 Å². The summed E-state index contributed by atoms with van der Waals surface area (Å²) in [6, 6.07) is 18.7. The Morgan fingerprint density at radius 3 is 2.67 bits per heavy atom. The molecule has 0 N–H and O–H groups in total. The summed E-state index contributed by atoms with van der Waals surface area (Å²) in [6.45, 7) is 1.57. The second-order valence-electron chi connectivity index (χ2n) is 5.78. The molecule has 0 radical (unpaired) electrons. The summed E-state index contributed by atoms with van der Waals surface area (Å²) in [5, 5.41) is 1.02. The predicted molar refractivity (Wildman–Crippen MR) is 99.5 cm³/mol. The average molecular weight is 334 g/mol. The Kier molecular flexibility index (Phi) is 4.01. The molecule has 0 unspecified atom stereocenters. The Balaban J connectivity index is 1.54. The van der Waals surface area contributed by atoms with E-state index in [1.807, 2.05) is 24.5 Å². The number of hydrogen-bond acceptors (Lipinski definition) is 4. The van der Waals surface area contributed by atoms with E-state index in [0.717, 1.165) is 29.6 Å². The van der Waals surface area contributed by atoms with Crippen LogP contribution in [0.15, 0.2) is 67.0 Å². The molecule has 0 atom stereocenters. The second kappa shape index (κ2) is 6.45. The highest BCUT2D eigenvalue weighted by Gasteiger charge is 2.12. The lowest BCUT2D eigenvalue weighted by molar-refractivity contribution is 0.707. The van der Waals surface area contributed by atoms with Crippen LogP contribution >= 0.6 is 11.3 Å². The van der Waals surface area contributed by atoms with Gasteiger partial charge >= 0.3 is 0 Å². The van der Waals surface area contributed by atoms with E-state index in [1.54, 1.807) is 11.3 Å². The van der Waals surface area contributed by atoms with Gasteiger partial charge in [0.15, 0.2) is 5.13 Å². The summed E-state index contributed by atoms with van der Waals surface area (Å²) < 4.78 is 3.41. The van der Waals surface area contributed by atoms with E-state index in [0.29, 0.717) is 0 Å². The van der Waals surface area contributed by atoms with Gasteiger partial charge in [0.2, 0.25) is 0 Å². The zero-order valence-corrected chi connectivity index (χ0v) is 14.3. The molecule has 2 aromatic heterocycles. The molecule has 4 rings (SSSR count). The summed E-state index contributed by atoms with van der Waals surface area (Å²) in [5.41, 5.74) is 2.33. The van der Waals surface area contributed by atoms with E-state index in [9.17, 15) is 0 Å². The Bertz CT molecular complexity index is 909. The van der Waals surface area contributed by atoms with Crippen LogP contribution in [-0.2, 0) is 13.1 Å². The maximum Gasteiger partial charge on any atom is 0.186 e. The number of aromatic nitrogens is 3. The third-order valence-corrected chi connectivity index (χ3v) is 5.14. The summed E-state index contributed by atoms with van der Waals surface area (Å²) in [5.74, 6) is 1.04. The smallest absolute Gasteiger partial charge is 0.186 e. The van der Waals surface area contributed by atoms with Crippen molar-refractivity contribution in [3.63, 3.8) is 0 Å². The third-order valence-electron chi connectivity index (χ3n) is 3.99. The van der Waals surface area contributed by atoms with Gasteiger partial charge in [0.05, 0.1) is 16.8 Å². The number of hydrogen-bond donors (Lipinski definition) is 0. The van der Waals surface area contributed by atoms with Crippen molar-refractivity contribution in [2.24, 2.45) is 0 Å². The average Bonchev–Trinajstić information content (AvgIpc) is 3.23. The van der Waals surface area contributed by atoms with E-state index < -0.39 is 0 Å². The zero-order valence-electron chi connectivity index (χ0n) is 13.5. The summed E-state index contributed by atoms with van der Waals surface area (Å²) >= 11 is 1.71. The van der Waals surface area contributed by atoms with Crippen LogP contribution in [0.25, 0.3) is 10.2 Å². The molecule has 0 bridgehead atoms. The molecule has 2 heterocycles. The Morgan fingerprint density at radius 1 is 1.04 bits per heavy atom. The van der Waals surface area contributed by atoms with Gasteiger partial charge in [0.25, 0.3) is 0 Å². The second-order valence-corrected chi connectivity index (χ2v) is 6.79. The van der Waals surface area contributed by atoms with Gasteiger partial charge in [-0.2, -0.15) is 0 Å². The molecule has 0 saturated heterocycles. The zero-order chi connectivity index (χ0) is 16.4. The first-order chi connectivity index (χ1) is 11.8. The monoisotopic (exact) mass is 334 g/mol. The predicted octanol–water partition coefficient (Wildman–Crippen LogP) is 4.18. The Labute approximate surface area is 145 Å². The maximum absolute atomic E-state index is 4.71. The Morgan fingerprint density at radius 2 is 1.83 bits per heavy atom. The summed E-state index contributed by atoms with van der Waals surface area (Å²) in [7, 11) is 2.07. The standard InChI is InChI=1S/C19H18N4S/c1-22(19-21-16-9-5-6-10-17(16)24-19)14-18-20-11-12-23(18)13-15-7-3-2-4-8-15/h2-12H,13-14H2,1H3. The molecule has 0 spiro atoms. The maximum atomic E-state index is 4.71. The number of fused-ring (bicyclic) bond motifs is 1. The van der Waals surface area contributed by atoms with Crippen LogP contribution in [-0.4, -0.2) is 21.6 Å². The number of nitrogens with zero attached hydrogens (tertiary/aromatic N) is 4. The Hall–Kier alpha value is -2.66. The van der Waals surface area contributed by atoms with Crippen LogP contribution in [0.2, 0.25) is 0 Å². The SMILES string of the molecule is CN(Cc1nccn1Cc1ccccc1)c1nc2ccccc2s1. The van der Waals surface area contributed by atoms with Gasteiger partial charge in [0.1, 0.15) is 5.82 Å². The van der Waals surface area contributed by atoms with Crippen LogP contribution in [0.3, 0.4) is 0 Å². The van der Waals surface area contributed by atoms with Gasteiger partial charge < -0.3 is 9.47 Å². The molecular formula is C19H18N4S. The van der Waals surface area contributed by atoms with E-state index in [-0.39, 0.29) is 0 Å². The highest BCUT2D eigenvalue weighted by atomic mass is 32.1. The first-order valence-corrected chi connectivity index (χ1v) is 8.72. The molecule has 0 saturated carbocycles. The number of para-hydroxylation sites is 1. The minimum Gasteiger partial charge on any atom is -0.344 e. The number of rotatable bonds is 5. The molecular weight excluding hydrogens is 316 g/mol. The van der Waals surface area contributed by atoms with E-state index >= 15 is 0 Å². The highest BCUT2D eigenvalue weighted by Crippen LogP contribution is 2.28. The van der Waals surface area contributed by atoms with Crippen LogP contribution in [0.1, 0.15) is 11.4 Å². The summed E-state index contributed by atoms with van der Waals surface area (Å²) in [4.78, 5) is 11.4. The topological polar surface area (TPSA) is 34.0 Å². The van der Waals surface area contributed by atoms with E-state index in [4.69, 9.17) is 4.98 Å². The largest absolute Gasteiger partial charge is 0.344 e. The third kappa shape index (κ3) is 3.03. The lowest BCUT2D eigenvalue weighted by atomic mass is 10.2. The van der Waals surface area contributed by atoms with Crippen molar-refractivity contribution < 1.29 is 0 Å². The minimum absolute atomic E-state index is 0.736. The van der Waals surface area contributed by atoms with Crippen LogP contribution in [0.5, 0.6) is 0 Å². The van der Waals surface area contributed by atoms with Gasteiger partial charge in [-0.15, -0.1) is 0 Å². The van der Waals surface area contributed by atoms with E-state index in [2.05, 4.69) is 64.0 Å². The molecule has 0 aliphatic rings. The number of anilines is 1. The van der Waals surface area contributed by atoms with Crippen molar-refractivity contribution >= 4 is 26.7 Å². The molecule has 0 amide bonds. The van der Waals surface area contributed by atoms with Crippen LogP contribution < -0.4 is 4.90 Å². The van der Waals surface area contributed by atoms with Crippen molar-refractivity contribution in [3.8, 4) is 0 Å². The molecule has 4 nitrogen and oxygen atoms in total. The normalized spacial score (nSPS) is 11.0. The van der Waals surface area contributed by atoms with Gasteiger partial charge in [-0.05, 0) is 17.7 Å². The van der Waals surface area contributed by atoms with Crippen molar-refractivity contribution in [2.75, 3.05) is 11.9 Å². The fourth-order valence-electron chi connectivity index (χ4n) is 2.72. The summed E-state index contributed by atoms with van der Waals surface area (Å²) in [6.07, 6.45) is 3.90. The molecule has 0 fully saturated rings. The van der Waals surface area contributed by atoms with Crippen molar-refractivity contribution in [1.29, 1.82) is 0 Å². The van der Waals surface area contributed by atoms with Crippen molar-refractivity contribution in [1.82, 2.24) is 14.5 Å². The van der Waals surface area contributed by atoms with Crippen molar-refractivity contribution in [2.45, 2.75) is 13.1 Å². The molecule has 2 aromatic carbocycles. The first-order valence-electron chi connectivity index (χ1n) is 7.90. The van der Waals surface area contributed by atoms with Crippen LogP contribution in [0, 0.1) is 0 Å². The fraction of sp³-hybridized carbons (Fsp3) is 0.158. The lowest BCUT2D eigenvalue weighted by Gasteiger charge is -2.16. The van der Waals surface area contributed by atoms with Gasteiger partial charge in [-0.1, -0.05) is 53.8 Å². The van der Waals surface area contributed by atoms with Gasteiger partial charge in [-0.3, -0.25) is 0 Å². The molecule has 120 valence electrons.